The van der Waals surface area contributed by atoms with Gasteiger partial charge in [-0.2, -0.15) is 4.68 Å². The minimum atomic E-state index is -0.240. The monoisotopic (exact) mass is 403 g/mol. The van der Waals surface area contributed by atoms with Crippen molar-refractivity contribution in [1.29, 1.82) is 0 Å². The molecule has 0 aliphatic carbocycles. The third-order valence-electron chi connectivity index (χ3n) is 4.35. The van der Waals surface area contributed by atoms with Crippen molar-refractivity contribution in [3.05, 3.63) is 72.3 Å². The second kappa shape index (κ2) is 8.24. The lowest BCUT2D eigenvalue weighted by molar-refractivity contribution is -0.113. The van der Waals surface area contributed by atoms with Crippen molar-refractivity contribution in [2.24, 2.45) is 0 Å². The van der Waals surface area contributed by atoms with Crippen LogP contribution in [0.25, 0.3) is 16.5 Å². The number of benzene rings is 3. The molecule has 7 nitrogen and oxygen atoms in total. The van der Waals surface area contributed by atoms with Crippen LogP contribution < -0.4 is 5.32 Å². The summed E-state index contributed by atoms with van der Waals surface area (Å²) in [5.41, 5.74) is 1.82. The zero-order valence-electron chi connectivity index (χ0n) is 15.6. The van der Waals surface area contributed by atoms with Crippen LogP contribution in [0.3, 0.4) is 0 Å². The molecule has 0 bridgehead atoms. The van der Waals surface area contributed by atoms with E-state index in [2.05, 4.69) is 20.8 Å². The number of hydrogen-bond donors (Lipinski definition) is 1. The van der Waals surface area contributed by atoms with Crippen molar-refractivity contribution in [3.8, 4) is 5.69 Å². The summed E-state index contributed by atoms with van der Waals surface area (Å²) in [5, 5.41) is 17.3. The molecule has 0 saturated heterocycles. The van der Waals surface area contributed by atoms with Crippen LogP contribution in [-0.4, -0.2) is 37.7 Å². The predicted molar refractivity (Wildman–Crippen MR) is 112 cm³/mol. The van der Waals surface area contributed by atoms with Crippen molar-refractivity contribution in [3.63, 3.8) is 0 Å². The standard InChI is InChI=1S/C21H17N5O2S/c1-14(27)16-9-4-5-11-18(16)22-20(28)13-29-21-23-24-25-26(21)19-12-6-8-15-7-2-3-10-17(15)19/h2-12H,13H2,1H3,(H,22,28). The normalized spacial score (nSPS) is 10.8. The van der Waals surface area contributed by atoms with Crippen molar-refractivity contribution in [2.75, 3.05) is 11.1 Å². The average Bonchev–Trinajstić information content (AvgIpc) is 3.20. The number of nitrogens with zero attached hydrogens (tertiary/aromatic N) is 4. The van der Waals surface area contributed by atoms with E-state index in [1.54, 1.807) is 28.9 Å². The zero-order chi connectivity index (χ0) is 20.2. The molecule has 1 amide bonds. The number of nitrogens with one attached hydrogen (secondary N) is 1. The van der Waals surface area contributed by atoms with E-state index in [-0.39, 0.29) is 17.4 Å². The number of fused-ring (bicyclic) bond motifs is 1. The first kappa shape index (κ1) is 18.8. The number of rotatable bonds is 6. The molecule has 29 heavy (non-hydrogen) atoms. The fourth-order valence-corrected chi connectivity index (χ4v) is 3.71. The number of Topliss-reactive ketones (excluding diaryl/α,β-unsaturated/α-hetero) is 1. The molecule has 0 aliphatic rings. The summed E-state index contributed by atoms with van der Waals surface area (Å²) in [5.74, 6) is -0.234. The van der Waals surface area contributed by atoms with Gasteiger partial charge in [0.2, 0.25) is 11.1 Å². The largest absolute Gasteiger partial charge is 0.325 e. The highest BCUT2D eigenvalue weighted by Gasteiger charge is 2.15. The molecular weight excluding hydrogens is 386 g/mol. The van der Waals surface area contributed by atoms with Crippen LogP contribution in [-0.2, 0) is 4.79 Å². The Balaban J connectivity index is 1.52. The first-order valence-corrected chi connectivity index (χ1v) is 9.91. The lowest BCUT2D eigenvalue weighted by Crippen LogP contribution is -2.16. The summed E-state index contributed by atoms with van der Waals surface area (Å²) in [7, 11) is 0. The van der Waals surface area contributed by atoms with Gasteiger partial charge < -0.3 is 5.32 Å². The number of para-hydroxylation sites is 1. The van der Waals surface area contributed by atoms with Crippen LogP contribution >= 0.6 is 11.8 Å². The van der Waals surface area contributed by atoms with Crippen LogP contribution in [0.2, 0.25) is 0 Å². The van der Waals surface area contributed by atoms with Gasteiger partial charge in [0.15, 0.2) is 5.78 Å². The highest BCUT2D eigenvalue weighted by Crippen LogP contribution is 2.25. The van der Waals surface area contributed by atoms with E-state index >= 15 is 0 Å². The van der Waals surface area contributed by atoms with Gasteiger partial charge in [0.25, 0.3) is 0 Å². The average molecular weight is 403 g/mol. The molecular formula is C21H17N5O2S. The van der Waals surface area contributed by atoms with Crippen LogP contribution in [0.15, 0.2) is 71.9 Å². The van der Waals surface area contributed by atoms with Gasteiger partial charge in [0.05, 0.1) is 17.1 Å². The predicted octanol–water partition coefficient (Wildman–Crippen LogP) is 3.75. The Hall–Kier alpha value is -3.52. The van der Waals surface area contributed by atoms with Crippen LogP contribution in [0.4, 0.5) is 5.69 Å². The van der Waals surface area contributed by atoms with Crippen molar-refractivity contribution < 1.29 is 9.59 Å². The molecule has 0 unspecified atom stereocenters. The Kier molecular flexibility index (Phi) is 5.35. The van der Waals surface area contributed by atoms with E-state index < -0.39 is 0 Å². The van der Waals surface area contributed by atoms with Gasteiger partial charge in [-0.25, -0.2) is 0 Å². The second-order valence-corrected chi connectivity index (χ2v) is 7.25. The Morgan fingerprint density at radius 1 is 1.00 bits per heavy atom. The Morgan fingerprint density at radius 2 is 1.76 bits per heavy atom. The third-order valence-corrected chi connectivity index (χ3v) is 5.27. The molecule has 0 radical (unpaired) electrons. The minimum Gasteiger partial charge on any atom is -0.325 e. The zero-order valence-corrected chi connectivity index (χ0v) is 16.4. The van der Waals surface area contributed by atoms with Crippen LogP contribution in [0.5, 0.6) is 0 Å². The molecule has 4 aromatic rings. The van der Waals surface area contributed by atoms with Gasteiger partial charge in [0, 0.05) is 10.9 Å². The van der Waals surface area contributed by atoms with Gasteiger partial charge in [0.1, 0.15) is 0 Å². The lowest BCUT2D eigenvalue weighted by atomic mass is 10.1. The molecule has 144 valence electrons. The summed E-state index contributed by atoms with van der Waals surface area (Å²) in [4.78, 5) is 24.1. The molecule has 0 atom stereocenters. The van der Waals surface area contributed by atoms with Crippen molar-refractivity contribution >= 4 is 39.9 Å². The van der Waals surface area contributed by atoms with E-state index in [4.69, 9.17) is 0 Å². The Labute approximate surface area is 171 Å². The molecule has 0 aliphatic heterocycles. The minimum absolute atomic E-state index is 0.103. The number of carbonyl (C=O) groups is 2. The van der Waals surface area contributed by atoms with E-state index in [0.29, 0.717) is 16.4 Å². The maximum absolute atomic E-state index is 12.4. The van der Waals surface area contributed by atoms with Crippen LogP contribution in [0, 0.1) is 0 Å². The maximum atomic E-state index is 12.4. The molecule has 0 saturated carbocycles. The lowest BCUT2D eigenvalue weighted by Gasteiger charge is -2.09. The number of ketones is 1. The number of hydrogen-bond acceptors (Lipinski definition) is 6. The third kappa shape index (κ3) is 4.02. The maximum Gasteiger partial charge on any atom is 0.234 e. The summed E-state index contributed by atoms with van der Waals surface area (Å²) < 4.78 is 1.63. The summed E-state index contributed by atoms with van der Waals surface area (Å²) in [6.07, 6.45) is 0. The molecule has 4 rings (SSSR count). The molecule has 8 heteroatoms. The number of thioether (sulfide) groups is 1. The van der Waals surface area contributed by atoms with Gasteiger partial charge >= 0.3 is 0 Å². The topological polar surface area (TPSA) is 89.8 Å². The van der Waals surface area contributed by atoms with E-state index in [0.717, 1.165) is 16.5 Å². The van der Waals surface area contributed by atoms with E-state index in [9.17, 15) is 9.59 Å². The van der Waals surface area contributed by atoms with Gasteiger partial charge in [-0.15, -0.1) is 5.10 Å². The quantitative estimate of drug-likeness (QED) is 0.390. The van der Waals surface area contributed by atoms with E-state index in [1.807, 2.05) is 42.5 Å². The fourth-order valence-electron chi connectivity index (χ4n) is 3.03. The number of anilines is 1. The summed E-state index contributed by atoms with van der Waals surface area (Å²) in [6, 6.07) is 20.8. The molecule has 1 aromatic heterocycles. The number of tetrazole rings is 1. The molecule has 3 aromatic carbocycles. The number of aromatic nitrogens is 4. The highest BCUT2D eigenvalue weighted by atomic mass is 32.2. The second-order valence-electron chi connectivity index (χ2n) is 6.31. The van der Waals surface area contributed by atoms with Crippen molar-refractivity contribution in [2.45, 2.75) is 12.1 Å². The first-order chi connectivity index (χ1) is 14.1. The first-order valence-electron chi connectivity index (χ1n) is 8.92. The summed E-state index contributed by atoms with van der Waals surface area (Å²) in [6.45, 7) is 1.47. The number of carbonyl (C=O) groups excluding carboxylic acids is 2. The SMILES string of the molecule is CC(=O)c1ccccc1NC(=O)CSc1nnnn1-c1cccc2ccccc12. The molecule has 1 N–H and O–H groups in total. The van der Waals surface area contributed by atoms with E-state index in [1.165, 1.54) is 18.7 Å². The smallest absolute Gasteiger partial charge is 0.234 e. The van der Waals surface area contributed by atoms with Crippen LogP contribution in [0.1, 0.15) is 17.3 Å². The molecule has 0 fully saturated rings. The Morgan fingerprint density at radius 3 is 2.62 bits per heavy atom. The Bertz CT molecular complexity index is 1200. The van der Waals surface area contributed by atoms with Gasteiger partial charge in [-0.1, -0.05) is 60.3 Å². The highest BCUT2D eigenvalue weighted by molar-refractivity contribution is 7.99. The summed E-state index contributed by atoms with van der Waals surface area (Å²) >= 11 is 1.23. The fraction of sp³-hybridized carbons (Fsp3) is 0.0952. The molecule has 0 spiro atoms. The van der Waals surface area contributed by atoms with Gasteiger partial charge in [-0.05, 0) is 40.9 Å². The number of amides is 1. The van der Waals surface area contributed by atoms with Gasteiger partial charge in [-0.3, -0.25) is 9.59 Å². The van der Waals surface area contributed by atoms with Crippen molar-refractivity contribution in [1.82, 2.24) is 20.2 Å². The molecule has 1 heterocycles.